The molecule has 0 bridgehead atoms. The number of aromatic nitrogens is 1. The van der Waals surface area contributed by atoms with Crippen LogP contribution in [0.3, 0.4) is 0 Å². The second kappa shape index (κ2) is 6.17. The number of pyridine rings is 1. The number of benzene rings is 1. The van der Waals surface area contributed by atoms with E-state index in [0.717, 1.165) is 56.3 Å². The molecule has 4 heteroatoms. The van der Waals surface area contributed by atoms with Crippen molar-refractivity contribution in [1.82, 2.24) is 9.88 Å². The minimum absolute atomic E-state index is 0.0795. The normalized spacial score (nSPS) is 27.0. The molecule has 4 nitrogen and oxygen atoms in total. The molecule has 2 aliphatic heterocycles. The molecule has 0 saturated carbocycles. The Balaban J connectivity index is 1.55. The van der Waals surface area contributed by atoms with E-state index in [1.807, 2.05) is 35.2 Å². The third kappa shape index (κ3) is 2.80. The van der Waals surface area contributed by atoms with Crippen LogP contribution in [0.25, 0.3) is 10.9 Å². The van der Waals surface area contributed by atoms with Crippen LogP contribution < -0.4 is 0 Å². The molecule has 0 radical (unpaired) electrons. The average Bonchev–Trinajstić information content (AvgIpc) is 3.03. The summed E-state index contributed by atoms with van der Waals surface area (Å²) in [6, 6.07) is 9.87. The molecule has 1 aromatic heterocycles. The highest BCUT2D eigenvalue weighted by Crippen LogP contribution is 2.38. The molecule has 0 aliphatic carbocycles. The number of likely N-dealkylation sites (tertiary alicyclic amines) is 1. The molecule has 2 aromatic rings. The SMILES string of the molecule is CC[C@H]1CO[C@]2(CCCN(C(=O)c3cnc4ccccc4c3)C2)C1. The number of hydrogen-bond acceptors (Lipinski definition) is 3. The quantitative estimate of drug-likeness (QED) is 0.847. The van der Waals surface area contributed by atoms with Crippen molar-refractivity contribution in [3.8, 4) is 0 Å². The maximum Gasteiger partial charge on any atom is 0.255 e. The lowest BCUT2D eigenvalue weighted by atomic mass is 9.85. The lowest BCUT2D eigenvalue weighted by molar-refractivity contribution is -0.0449. The molecular formula is C20H24N2O2. The number of carbonyl (C=O) groups excluding carboxylic acids is 1. The summed E-state index contributed by atoms with van der Waals surface area (Å²) in [5.41, 5.74) is 1.49. The minimum atomic E-state index is -0.112. The first kappa shape index (κ1) is 15.6. The fourth-order valence-electron chi connectivity index (χ4n) is 4.13. The Hall–Kier alpha value is -1.94. The third-order valence-electron chi connectivity index (χ3n) is 5.53. The van der Waals surface area contributed by atoms with Gasteiger partial charge in [-0.3, -0.25) is 9.78 Å². The van der Waals surface area contributed by atoms with E-state index in [-0.39, 0.29) is 11.5 Å². The highest BCUT2D eigenvalue weighted by Gasteiger charge is 2.43. The molecule has 2 fully saturated rings. The van der Waals surface area contributed by atoms with Crippen molar-refractivity contribution in [3.63, 3.8) is 0 Å². The number of piperidine rings is 1. The van der Waals surface area contributed by atoms with Crippen molar-refractivity contribution in [1.29, 1.82) is 0 Å². The predicted octanol–water partition coefficient (Wildman–Crippen LogP) is 3.66. The van der Waals surface area contributed by atoms with Gasteiger partial charge in [-0.2, -0.15) is 0 Å². The first-order valence-electron chi connectivity index (χ1n) is 8.97. The summed E-state index contributed by atoms with van der Waals surface area (Å²) >= 11 is 0. The van der Waals surface area contributed by atoms with Crippen LogP contribution in [0, 0.1) is 5.92 Å². The van der Waals surface area contributed by atoms with E-state index in [4.69, 9.17) is 4.74 Å². The molecule has 4 rings (SSSR count). The zero-order valence-corrected chi connectivity index (χ0v) is 14.2. The summed E-state index contributed by atoms with van der Waals surface area (Å²) in [7, 11) is 0. The summed E-state index contributed by atoms with van der Waals surface area (Å²) in [5, 5.41) is 1.01. The van der Waals surface area contributed by atoms with Crippen LogP contribution in [0.2, 0.25) is 0 Å². The van der Waals surface area contributed by atoms with Crippen molar-refractivity contribution < 1.29 is 9.53 Å². The summed E-state index contributed by atoms with van der Waals surface area (Å²) in [5.74, 6) is 0.721. The molecule has 0 unspecified atom stereocenters. The van der Waals surface area contributed by atoms with Crippen LogP contribution in [-0.4, -0.2) is 41.1 Å². The largest absolute Gasteiger partial charge is 0.373 e. The van der Waals surface area contributed by atoms with E-state index < -0.39 is 0 Å². The van der Waals surface area contributed by atoms with Crippen molar-refractivity contribution >= 4 is 16.8 Å². The van der Waals surface area contributed by atoms with Crippen LogP contribution in [0.4, 0.5) is 0 Å². The smallest absolute Gasteiger partial charge is 0.255 e. The van der Waals surface area contributed by atoms with E-state index in [1.165, 1.54) is 0 Å². The van der Waals surface area contributed by atoms with Crippen LogP contribution in [0.1, 0.15) is 43.0 Å². The maximum absolute atomic E-state index is 13.0. The van der Waals surface area contributed by atoms with Crippen LogP contribution in [0.15, 0.2) is 36.5 Å². The number of carbonyl (C=O) groups is 1. The average molecular weight is 324 g/mol. The third-order valence-corrected chi connectivity index (χ3v) is 5.53. The molecule has 2 aliphatic rings. The number of rotatable bonds is 2. The van der Waals surface area contributed by atoms with Gasteiger partial charge in [-0.05, 0) is 37.3 Å². The summed E-state index contributed by atoms with van der Waals surface area (Å²) < 4.78 is 6.16. The molecule has 2 atom stereocenters. The predicted molar refractivity (Wildman–Crippen MR) is 94.0 cm³/mol. The number of hydrogen-bond donors (Lipinski definition) is 0. The Labute approximate surface area is 142 Å². The van der Waals surface area contributed by atoms with Gasteiger partial charge in [0.25, 0.3) is 5.91 Å². The number of fused-ring (bicyclic) bond motifs is 1. The molecule has 126 valence electrons. The van der Waals surface area contributed by atoms with Gasteiger partial charge in [0.05, 0.1) is 23.3 Å². The molecule has 2 saturated heterocycles. The second-order valence-corrected chi connectivity index (χ2v) is 7.22. The number of nitrogens with zero attached hydrogens (tertiary/aromatic N) is 2. The highest BCUT2D eigenvalue weighted by molar-refractivity contribution is 5.97. The van der Waals surface area contributed by atoms with Gasteiger partial charge in [-0.15, -0.1) is 0 Å². The van der Waals surface area contributed by atoms with Gasteiger partial charge in [0.1, 0.15) is 0 Å². The van der Waals surface area contributed by atoms with Gasteiger partial charge in [-0.25, -0.2) is 0 Å². The minimum Gasteiger partial charge on any atom is -0.373 e. The topological polar surface area (TPSA) is 42.4 Å². The maximum atomic E-state index is 13.0. The van der Waals surface area contributed by atoms with Gasteiger partial charge in [0.15, 0.2) is 0 Å². The van der Waals surface area contributed by atoms with Gasteiger partial charge in [0.2, 0.25) is 0 Å². The second-order valence-electron chi connectivity index (χ2n) is 7.22. The van der Waals surface area contributed by atoms with Gasteiger partial charge < -0.3 is 9.64 Å². The van der Waals surface area contributed by atoms with Crippen LogP contribution in [0.5, 0.6) is 0 Å². The van der Waals surface area contributed by atoms with Crippen molar-refractivity contribution in [2.45, 2.75) is 38.2 Å². The van der Waals surface area contributed by atoms with E-state index in [0.29, 0.717) is 11.5 Å². The van der Waals surface area contributed by atoms with Crippen molar-refractivity contribution in [2.24, 2.45) is 5.92 Å². The standard InChI is InChI=1S/C20H24N2O2/c1-2-15-11-20(24-13-15)8-5-9-22(14-20)19(23)17-10-16-6-3-4-7-18(16)21-12-17/h3-4,6-7,10,12,15H,2,5,8-9,11,13-14H2,1H3/t15-,20-/m1/s1. The molecule has 3 heterocycles. The van der Waals surface area contributed by atoms with Gasteiger partial charge in [-0.1, -0.05) is 31.5 Å². The number of para-hydroxylation sites is 1. The summed E-state index contributed by atoms with van der Waals surface area (Å²) in [6.45, 7) is 4.60. The Bertz CT molecular complexity index is 760. The Kier molecular flexibility index (Phi) is 4.01. The highest BCUT2D eigenvalue weighted by atomic mass is 16.5. The zero-order valence-electron chi connectivity index (χ0n) is 14.2. The van der Waals surface area contributed by atoms with E-state index in [1.54, 1.807) is 6.20 Å². The molecule has 24 heavy (non-hydrogen) atoms. The van der Waals surface area contributed by atoms with Crippen LogP contribution >= 0.6 is 0 Å². The van der Waals surface area contributed by atoms with Crippen molar-refractivity contribution in [2.75, 3.05) is 19.7 Å². The summed E-state index contributed by atoms with van der Waals surface area (Å²) in [4.78, 5) is 19.4. The fourth-order valence-corrected chi connectivity index (χ4v) is 4.13. The van der Waals surface area contributed by atoms with Crippen LogP contribution in [-0.2, 0) is 4.74 Å². The Morgan fingerprint density at radius 2 is 2.29 bits per heavy atom. The molecule has 0 N–H and O–H groups in total. The zero-order chi connectivity index (χ0) is 16.6. The fraction of sp³-hybridized carbons (Fsp3) is 0.500. The lowest BCUT2D eigenvalue weighted by Crippen LogP contribution is -2.50. The number of ether oxygens (including phenoxy) is 1. The molecule has 1 aromatic carbocycles. The van der Waals surface area contributed by atoms with Crippen molar-refractivity contribution in [3.05, 3.63) is 42.1 Å². The van der Waals surface area contributed by atoms with E-state index >= 15 is 0 Å². The number of amides is 1. The monoisotopic (exact) mass is 324 g/mol. The van der Waals surface area contributed by atoms with E-state index in [2.05, 4.69) is 11.9 Å². The first-order valence-corrected chi connectivity index (χ1v) is 8.97. The lowest BCUT2D eigenvalue weighted by Gasteiger charge is -2.39. The van der Waals surface area contributed by atoms with Gasteiger partial charge >= 0.3 is 0 Å². The Morgan fingerprint density at radius 3 is 3.12 bits per heavy atom. The van der Waals surface area contributed by atoms with Gasteiger partial charge in [0, 0.05) is 24.7 Å². The molecule has 1 amide bonds. The summed E-state index contributed by atoms with van der Waals surface area (Å²) in [6.07, 6.45) is 6.04. The van der Waals surface area contributed by atoms with E-state index in [9.17, 15) is 4.79 Å². The molecular weight excluding hydrogens is 300 g/mol. The Morgan fingerprint density at radius 1 is 1.42 bits per heavy atom. The molecule has 1 spiro atoms. The first-order chi connectivity index (χ1) is 11.7.